The predicted octanol–water partition coefficient (Wildman–Crippen LogP) is 2.35. The molecule has 0 aliphatic rings. The van der Waals surface area contributed by atoms with Crippen LogP contribution in [0.5, 0.6) is 0 Å². The molecule has 0 radical (unpaired) electrons. The van der Waals surface area contributed by atoms with Gasteiger partial charge in [0, 0.05) is 0 Å². The second-order valence-electron chi connectivity index (χ2n) is 4.98. The summed E-state index contributed by atoms with van der Waals surface area (Å²) in [6, 6.07) is 5.44. The van der Waals surface area contributed by atoms with Gasteiger partial charge >= 0.3 is 5.97 Å². The van der Waals surface area contributed by atoms with Gasteiger partial charge in [0.1, 0.15) is 10.4 Å². The number of carbonyl (C=O) groups excluding carboxylic acids is 2. The molecule has 2 atom stereocenters. The number of ether oxygens (including phenoxy) is 1. The van der Waals surface area contributed by atoms with Crippen LogP contribution in [0.1, 0.15) is 37.4 Å². The first-order chi connectivity index (χ1) is 9.30. The van der Waals surface area contributed by atoms with Crippen molar-refractivity contribution in [2.75, 3.05) is 0 Å². The predicted molar refractivity (Wildman–Crippen MR) is 76.2 cm³/mol. The summed E-state index contributed by atoms with van der Waals surface area (Å²) in [6.07, 6.45) is -0.948. The maximum Gasteiger partial charge on any atom is 0.349 e. The number of nitriles is 1. The van der Waals surface area contributed by atoms with E-state index in [4.69, 9.17) is 10.00 Å². The smallest absolute Gasteiger partial charge is 0.349 e. The fourth-order valence-corrected chi connectivity index (χ4v) is 1.93. The van der Waals surface area contributed by atoms with E-state index in [1.54, 1.807) is 24.4 Å². The van der Waals surface area contributed by atoms with E-state index in [0.29, 0.717) is 4.88 Å². The zero-order valence-electron chi connectivity index (χ0n) is 12.0. The molecule has 1 heterocycles. The zero-order valence-corrected chi connectivity index (χ0v) is 12.8. The molecular weight excluding hydrogens is 276 g/mol. The highest BCUT2D eigenvalue weighted by Crippen LogP contribution is 2.16. The van der Waals surface area contributed by atoms with Crippen molar-refractivity contribution in [1.29, 1.82) is 5.26 Å². The average Bonchev–Trinajstić information content (AvgIpc) is 2.91. The van der Waals surface area contributed by atoms with Gasteiger partial charge in [-0.25, -0.2) is 4.79 Å². The molecule has 0 aliphatic heterocycles. The largest absolute Gasteiger partial charge is 0.448 e. The van der Waals surface area contributed by atoms with E-state index in [9.17, 15) is 9.59 Å². The highest BCUT2D eigenvalue weighted by atomic mass is 32.1. The minimum Gasteiger partial charge on any atom is -0.448 e. The quantitative estimate of drug-likeness (QED) is 0.845. The molecule has 1 aromatic rings. The van der Waals surface area contributed by atoms with Crippen molar-refractivity contribution >= 4 is 23.2 Å². The van der Waals surface area contributed by atoms with Crippen LogP contribution < -0.4 is 5.32 Å². The van der Waals surface area contributed by atoms with Crippen molar-refractivity contribution < 1.29 is 14.3 Å². The van der Waals surface area contributed by atoms with Crippen LogP contribution in [0.2, 0.25) is 0 Å². The molecule has 0 aromatic carbocycles. The van der Waals surface area contributed by atoms with Crippen molar-refractivity contribution in [2.24, 2.45) is 5.92 Å². The number of esters is 1. The van der Waals surface area contributed by atoms with Gasteiger partial charge in [-0.1, -0.05) is 19.9 Å². The number of thiophene rings is 1. The Balaban J connectivity index is 2.64. The van der Waals surface area contributed by atoms with E-state index >= 15 is 0 Å². The maximum absolute atomic E-state index is 12.0. The Morgan fingerprint density at radius 1 is 1.45 bits per heavy atom. The molecule has 0 aliphatic carbocycles. The third-order valence-corrected chi connectivity index (χ3v) is 4.00. The van der Waals surface area contributed by atoms with Gasteiger partial charge in [-0.3, -0.25) is 4.79 Å². The van der Waals surface area contributed by atoms with Crippen LogP contribution in [-0.2, 0) is 9.53 Å². The minimum atomic E-state index is -0.985. The molecule has 1 rings (SSSR count). The van der Waals surface area contributed by atoms with Gasteiger partial charge in [0.15, 0.2) is 6.10 Å². The van der Waals surface area contributed by atoms with E-state index in [-0.39, 0.29) is 5.92 Å². The van der Waals surface area contributed by atoms with E-state index in [0.717, 1.165) is 0 Å². The van der Waals surface area contributed by atoms with Crippen molar-refractivity contribution in [3.8, 4) is 6.07 Å². The fourth-order valence-electron chi connectivity index (χ4n) is 1.33. The Bertz CT molecular complexity index is 519. The fraction of sp³-hybridized carbons (Fsp3) is 0.500. The van der Waals surface area contributed by atoms with Crippen LogP contribution in [0.3, 0.4) is 0 Å². The Kier molecular flexibility index (Phi) is 5.28. The summed E-state index contributed by atoms with van der Waals surface area (Å²) in [5, 5.41) is 13.5. The van der Waals surface area contributed by atoms with Gasteiger partial charge in [-0.2, -0.15) is 5.26 Å². The highest BCUT2D eigenvalue weighted by Gasteiger charge is 2.32. The number of nitrogens with zero attached hydrogens (tertiary/aromatic N) is 1. The normalized spacial score (nSPS) is 15.0. The summed E-state index contributed by atoms with van der Waals surface area (Å²) in [4.78, 5) is 24.2. The standard InChI is InChI=1S/C14H18N2O3S/c1-9(2)14(4,8-15)16-12(17)10(3)19-13(18)11-6-5-7-20-11/h5-7,9-10H,1-4H3,(H,16,17). The summed E-state index contributed by atoms with van der Waals surface area (Å²) >= 11 is 1.25. The summed E-state index contributed by atoms with van der Waals surface area (Å²) in [6.45, 7) is 6.81. The van der Waals surface area contributed by atoms with Crippen LogP contribution in [-0.4, -0.2) is 23.5 Å². The molecule has 1 N–H and O–H groups in total. The number of rotatable bonds is 5. The Morgan fingerprint density at radius 3 is 2.55 bits per heavy atom. The van der Waals surface area contributed by atoms with E-state index in [1.807, 2.05) is 13.8 Å². The molecule has 0 saturated carbocycles. The van der Waals surface area contributed by atoms with Crippen LogP contribution in [0.4, 0.5) is 0 Å². The lowest BCUT2D eigenvalue weighted by atomic mass is 9.90. The molecule has 2 unspecified atom stereocenters. The molecule has 20 heavy (non-hydrogen) atoms. The summed E-state index contributed by atoms with van der Waals surface area (Å²) < 4.78 is 5.08. The SMILES string of the molecule is CC(OC(=O)c1cccs1)C(=O)NC(C)(C#N)C(C)C. The van der Waals surface area contributed by atoms with Gasteiger partial charge < -0.3 is 10.1 Å². The molecule has 1 aromatic heterocycles. The molecule has 6 heteroatoms. The number of hydrogen-bond acceptors (Lipinski definition) is 5. The molecule has 0 fully saturated rings. The lowest BCUT2D eigenvalue weighted by molar-refractivity contribution is -0.130. The molecular formula is C14H18N2O3S. The summed E-state index contributed by atoms with van der Waals surface area (Å²) in [7, 11) is 0. The summed E-state index contributed by atoms with van der Waals surface area (Å²) in [5.74, 6) is -1.07. The van der Waals surface area contributed by atoms with Crippen LogP contribution in [0.15, 0.2) is 17.5 Å². The monoisotopic (exact) mass is 294 g/mol. The first kappa shape index (κ1) is 16.2. The molecule has 0 saturated heterocycles. The number of nitrogens with one attached hydrogen (secondary N) is 1. The van der Waals surface area contributed by atoms with Gasteiger partial charge in [0.05, 0.1) is 6.07 Å². The third kappa shape index (κ3) is 3.81. The van der Waals surface area contributed by atoms with Crippen molar-refractivity contribution in [3.63, 3.8) is 0 Å². The second kappa shape index (κ2) is 6.53. The van der Waals surface area contributed by atoms with E-state index in [1.165, 1.54) is 18.3 Å². The topological polar surface area (TPSA) is 79.2 Å². The number of carbonyl (C=O) groups is 2. The van der Waals surface area contributed by atoms with Crippen LogP contribution in [0.25, 0.3) is 0 Å². The number of amides is 1. The molecule has 0 spiro atoms. The van der Waals surface area contributed by atoms with Gasteiger partial charge in [0.25, 0.3) is 5.91 Å². The maximum atomic E-state index is 12.0. The van der Waals surface area contributed by atoms with Crippen LogP contribution in [0, 0.1) is 17.2 Å². The third-order valence-electron chi connectivity index (χ3n) is 3.15. The molecule has 108 valence electrons. The first-order valence-electron chi connectivity index (χ1n) is 6.28. The Labute approximate surface area is 122 Å². The molecule has 5 nitrogen and oxygen atoms in total. The lowest BCUT2D eigenvalue weighted by Gasteiger charge is -2.28. The lowest BCUT2D eigenvalue weighted by Crippen LogP contribution is -2.52. The Morgan fingerprint density at radius 2 is 2.10 bits per heavy atom. The zero-order chi connectivity index (χ0) is 15.3. The summed E-state index contributed by atoms with van der Waals surface area (Å²) in [5.41, 5.74) is -0.985. The van der Waals surface area contributed by atoms with Gasteiger partial charge in [-0.05, 0) is 31.2 Å². The van der Waals surface area contributed by atoms with E-state index < -0.39 is 23.5 Å². The van der Waals surface area contributed by atoms with Crippen molar-refractivity contribution in [1.82, 2.24) is 5.32 Å². The second-order valence-corrected chi connectivity index (χ2v) is 5.93. The van der Waals surface area contributed by atoms with Crippen molar-refractivity contribution in [3.05, 3.63) is 22.4 Å². The highest BCUT2D eigenvalue weighted by molar-refractivity contribution is 7.11. The van der Waals surface area contributed by atoms with Crippen LogP contribution >= 0.6 is 11.3 Å². The van der Waals surface area contributed by atoms with Gasteiger partial charge in [-0.15, -0.1) is 11.3 Å². The minimum absolute atomic E-state index is 0.0587. The Hall–Kier alpha value is -1.87. The van der Waals surface area contributed by atoms with Crippen molar-refractivity contribution in [2.45, 2.75) is 39.3 Å². The van der Waals surface area contributed by atoms with E-state index in [2.05, 4.69) is 11.4 Å². The number of hydrogen-bond donors (Lipinski definition) is 1. The molecule has 0 bridgehead atoms. The first-order valence-corrected chi connectivity index (χ1v) is 7.16. The average molecular weight is 294 g/mol. The van der Waals surface area contributed by atoms with Gasteiger partial charge in [0.2, 0.25) is 0 Å². The molecule has 1 amide bonds.